The number of aliphatic carboxylic acids is 1. The van der Waals surface area contributed by atoms with Crippen molar-refractivity contribution in [2.24, 2.45) is 0 Å². The van der Waals surface area contributed by atoms with Gasteiger partial charge >= 0.3 is 12.1 Å². The van der Waals surface area contributed by atoms with E-state index in [1.807, 2.05) is 30.3 Å². The Labute approximate surface area is 193 Å². The summed E-state index contributed by atoms with van der Waals surface area (Å²) in [5.74, 6) is -1.09. The Morgan fingerprint density at radius 3 is 1.88 bits per heavy atom. The molecule has 0 spiro atoms. The highest BCUT2D eigenvalue weighted by atomic mass is 16.6. The summed E-state index contributed by atoms with van der Waals surface area (Å²) in [6.07, 6.45) is 14.1. The summed E-state index contributed by atoms with van der Waals surface area (Å²) in [5, 5.41) is 15.3. The van der Waals surface area contributed by atoms with Crippen LogP contribution in [0.4, 0.5) is 4.79 Å². The number of benzene rings is 1. The maximum absolute atomic E-state index is 11.6. The van der Waals surface area contributed by atoms with E-state index in [0.717, 1.165) is 17.6 Å². The van der Waals surface area contributed by atoms with Gasteiger partial charge in [0.05, 0.1) is 0 Å². The van der Waals surface area contributed by atoms with Crippen LogP contribution < -0.4 is 10.6 Å². The molecule has 2 aliphatic carbocycles. The molecule has 3 rings (SSSR count). The van der Waals surface area contributed by atoms with E-state index in [4.69, 9.17) is 9.84 Å². The van der Waals surface area contributed by atoms with Crippen LogP contribution in [-0.2, 0) is 16.0 Å². The first kappa shape index (κ1) is 26.2. The molecule has 3 N–H and O–H groups in total. The molecule has 0 aromatic heterocycles. The van der Waals surface area contributed by atoms with Crippen molar-refractivity contribution in [1.29, 1.82) is 0 Å². The Balaban J connectivity index is 0.000000242. The monoisotopic (exact) mass is 446 g/mol. The van der Waals surface area contributed by atoms with Crippen molar-refractivity contribution < 1.29 is 19.4 Å². The summed E-state index contributed by atoms with van der Waals surface area (Å²) in [5.41, 5.74) is 0.186. The third-order valence-electron chi connectivity index (χ3n) is 5.95. The molecule has 0 unspecified atom stereocenters. The lowest BCUT2D eigenvalue weighted by atomic mass is 9.91. The molecule has 0 radical (unpaired) electrons. The van der Waals surface area contributed by atoms with Gasteiger partial charge in [-0.1, -0.05) is 68.9 Å². The molecule has 0 bridgehead atoms. The molecule has 0 saturated heterocycles. The molecule has 1 aromatic carbocycles. The maximum Gasteiger partial charge on any atom is 0.408 e. The topological polar surface area (TPSA) is 87.7 Å². The van der Waals surface area contributed by atoms with Crippen molar-refractivity contribution >= 4 is 12.1 Å². The lowest BCUT2D eigenvalue weighted by Gasteiger charge is -2.30. The van der Waals surface area contributed by atoms with Gasteiger partial charge in [-0.05, 0) is 52.0 Å². The molecule has 0 heterocycles. The molecular weight excluding hydrogens is 404 g/mol. The van der Waals surface area contributed by atoms with Gasteiger partial charge in [0.25, 0.3) is 0 Å². The predicted molar refractivity (Wildman–Crippen MR) is 128 cm³/mol. The number of ether oxygens (including phenoxy) is 1. The minimum Gasteiger partial charge on any atom is -0.480 e. The van der Waals surface area contributed by atoms with Crippen LogP contribution in [0.1, 0.15) is 90.5 Å². The SMILES string of the molecule is C1CCC(NC2CCCCC2)CC1.CC(C)(C)OC(=O)N[C@H](Cc1ccccc1)C(=O)O. The quantitative estimate of drug-likeness (QED) is 0.541. The number of alkyl carbamates (subject to hydrolysis) is 1. The summed E-state index contributed by atoms with van der Waals surface area (Å²) in [6, 6.07) is 9.86. The van der Waals surface area contributed by atoms with Crippen LogP contribution in [0.25, 0.3) is 0 Å². The average molecular weight is 447 g/mol. The van der Waals surface area contributed by atoms with E-state index in [1.165, 1.54) is 64.2 Å². The number of hydrogen-bond donors (Lipinski definition) is 3. The van der Waals surface area contributed by atoms with Crippen LogP contribution in [0, 0.1) is 0 Å². The van der Waals surface area contributed by atoms with Gasteiger partial charge in [0.15, 0.2) is 0 Å². The van der Waals surface area contributed by atoms with Crippen LogP contribution in [0.5, 0.6) is 0 Å². The first-order valence-electron chi connectivity index (χ1n) is 12.3. The summed E-state index contributed by atoms with van der Waals surface area (Å²) < 4.78 is 5.04. The van der Waals surface area contributed by atoms with Crippen molar-refractivity contribution in [3.63, 3.8) is 0 Å². The number of carboxylic acid groups (broad SMARTS) is 1. The molecule has 2 fully saturated rings. The van der Waals surface area contributed by atoms with Gasteiger partial charge in [-0.3, -0.25) is 0 Å². The van der Waals surface area contributed by atoms with Gasteiger partial charge in [-0.2, -0.15) is 0 Å². The average Bonchev–Trinajstić information content (AvgIpc) is 2.75. The molecular formula is C26H42N2O4. The zero-order valence-electron chi connectivity index (χ0n) is 20.1. The van der Waals surface area contributed by atoms with Crippen LogP contribution in [0.15, 0.2) is 30.3 Å². The molecule has 2 saturated carbocycles. The summed E-state index contributed by atoms with van der Waals surface area (Å²) in [6.45, 7) is 5.17. The predicted octanol–water partition coefficient (Wildman–Crippen LogP) is 5.45. The molecule has 1 amide bonds. The third-order valence-corrected chi connectivity index (χ3v) is 5.95. The number of carboxylic acids is 1. The Morgan fingerprint density at radius 1 is 0.938 bits per heavy atom. The van der Waals surface area contributed by atoms with E-state index < -0.39 is 23.7 Å². The van der Waals surface area contributed by atoms with Crippen molar-refractivity contribution in [3.8, 4) is 0 Å². The van der Waals surface area contributed by atoms with Gasteiger partial charge in [0, 0.05) is 18.5 Å². The van der Waals surface area contributed by atoms with E-state index in [9.17, 15) is 9.59 Å². The molecule has 2 aliphatic rings. The first-order valence-corrected chi connectivity index (χ1v) is 12.3. The largest absolute Gasteiger partial charge is 0.480 e. The summed E-state index contributed by atoms with van der Waals surface area (Å²) in [4.78, 5) is 22.7. The van der Waals surface area contributed by atoms with Gasteiger partial charge in [0.1, 0.15) is 11.6 Å². The normalized spacial score (nSPS) is 18.7. The number of rotatable bonds is 6. The highest BCUT2D eigenvalue weighted by Crippen LogP contribution is 2.22. The standard InChI is InChI=1S/C14H19NO4.C12H23N/c1-14(2,3)19-13(18)15-11(12(16)17)9-10-7-5-4-6-8-10;1-3-7-11(8-4-1)13-12-9-5-2-6-10-12/h4-8,11H,9H2,1-3H3,(H,15,18)(H,16,17);11-13H,1-10H2/t11-;/m1./s1. The fourth-order valence-corrected chi connectivity index (χ4v) is 4.37. The van der Waals surface area contributed by atoms with Gasteiger partial charge in [0.2, 0.25) is 0 Å². The fraction of sp³-hybridized carbons (Fsp3) is 0.692. The molecule has 180 valence electrons. The van der Waals surface area contributed by atoms with Crippen LogP contribution in [0.3, 0.4) is 0 Å². The second-order valence-electron chi connectivity index (χ2n) is 10.1. The maximum atomic E-state index is 11.6. The van der Waals surface area contributed by atoms with Gasteiger partial charge < -0.3 is 20.5 Å². The van der Waals surface area contributed by atoms with E-state index >= 15 is 0 Å². The number of nitrogens with one attached hydrogen (secondary N) is 2. The number of amides is 1. The second-order valence-corrected chi connectivity index (χ2v) is 10.1. The lowest BCUT2D eigenvalue weighted by molar-refractivity contribution is -0.139. The fourth-order valence-electron chi connectivity index (χ4n) is 4.37. The van der Waals surface area contributed by atoms with Crippen molar-refractivity contribution in [3.05, 3.63) is 35.9 Å². The highest BCUT2D eigenvalue weighted by Gasteiger charge is 2.24. The van der Waals surface area contributed by atoms with Gasteiger partial charge in [-0.15, -0.1) is 0 Å². The lowest BCUT2D eigenvalue weighted by Crippen LogP contribution is -2.44. The van der Waals surface area contributed by atoms with Crippen LogP contribution >= 0.6 is 0 Å². The molecule has 1 atom stereocenters. The molecule has 6 nitrogen and oxygen atoms in total. The molecule has 6 heteroatoms. The Kier molecular flexibility index (Phi) is 11.0. The second kappa shape index (κ2) is 13.5. The first-order chi connectivity index (χ1) is 15.2. The number of carbonyl (C=O) groups excluding carboxylic acids is 1. The third kappa shape index (κ3) is 11.0. The molecule has 32 heavy (non-hydrogen) atoms. The van der Waals surface area contributed by atoms with Crippen molar-refractivity contribution in [2.45, 2.75) is 115 Å². The highest BCUT2D eigenvalue weighted by molar-refractivity contribution is 5.80. The van der Waals surface area contributed by atoms with Gasteiger partial charge in [-0.25, -0.2) is 9.59 Å². The summed E-state index contributed by atoms with van der Waals surface area (Å²) >= 11 is 0. The zero-order chi connectivity index (χ0) is 23.4. The Hall–Kier alpha value is -2.08. The van der Waals surface area contributed by atoms with E-state index in [2.05, 4.69) is 10.6 Å². The zero-order valence-corrected chi connectivity index (χ0v) is 20.1. The van der Waals surface area contributed by atoms with E-state index in [-0.39, 0.29) is 6.42 Å². The van der Waals surface area contributed by atoms with E-state index in [0.29, 0.717) is 0 Å². The van der Waals surface area contributed by atoms with Crippen LogP contribution in [0.2, 0.25) is 0 Å². The number of carbonyl (C=O) groups is 2. The minimum atomic E-state index is -1.09. The minimum absolute atomic E-state index is 0.218. The van der Waals surface area contributed by atoms with Crippen LogP contribution in [-0.4, -0.2) is 40.9 Å². The smallest absolute Gasteiger partial charge is 0.408 e. The summed E-state index contributed by atoms with van der Waals surface area (Å²) in [7, 11) is 0. The Bertz CT molecular complexity index is 659. The van der Waals surface area contributed by atoms with Crippen molar-refractivity contribution in [2.75, 3.05) is 0 Å². The number of hydrogen-bond acceptors (Lipinski definition) is 4. The Morgan fingerprint density at radius 2 is 1.44 bits per heavy atom. The van der Waals surface area contributed by atoms with Crippen molar-refractivity contribution in [1.82, 2.24) is 10.6 Å². The molecule has 0 aliphatic heterocycles. The van der Waals surface area contributed by atoms with E-state index in [1.54, 1.807) is 20.8 Å². The molecule has 1 aromatic rings.